The Labute approximate surface area is 319 Å². The van der Waals surface area contributed by atoms with Crippen molar-refractivity contribution in [1.82, 2.24) is 26.6 Å². The van der Waals surface area contributed by atoms with Crippen LogP contribution in [0.25, 0.3) is 0 Å². The van der Waals surface area contributed by atoms with Crippen LogP contribution in [0.15, 0.2) is 0 Å². The fourth-order valence-corrected chi connectivity index (χ4v) is 6.22. The number of carboxylic acid groups (broad SMARTS) is 4. The normalized spacial score (nSPS) is 17.1. The molecule has 7 atom stereocenters. The number of hydrogen-bond acceptors (Lipinski definition) is 11. The Bertz CT molecular complexity index is 1340. The summed E-state index contributed by atoms with van der Waals surface area (Å²) < 4.78 is 0. The van der Waals surface area contributed by atoms with E-state index in [1.54, 1.807) is 27.7 Å². The molecule has 0 heterocycles. The summed E-state index contributed by atoms with van der Waals surface area (Å²) in [6, 6.07) is -8.72. The van der Waals surface area contributed by atoms with Crippen LogP contribution in [0.1, 0.15) is 91.9 Å². The van der Waals surface area contributed by atoms with Crippen LogP contribution < -0.4 is 32.3 Å². The van der Waals surface area contributed by atoms with E-state index in [-0.39, 0.29) is 30.4 Å². The molecule has 19 nitrogen and oxygen atoms in total. The lowest BCUT2D eigenvalue weighted by Crippen LogP contribution is -2.61. The van der Waals surface area contributed by atoms with Crippen LogP contribution in [0.2, 0.25) is 0 Å². The Morgan fingerprint density at radius 3 is 1.61 bits per heavy atom. The molecule has 306 valence electrons. The minimum atomic E-state index is -2.19. The van der Waals surface area contributed by atoms with Crippen molar-refractivity contribution in [1.29, 1.82) is 0 Å². The summed E-state index contributed by atoms with van der Waals surface area (Å²) in [5.41, 5.74) is 5.59. The van der Waals surface area contributed by atoms with Gasteiger partial charge in [-0.2, -0.15) is 12.6 Å². The van der Waals surface area contributed by atoms with Gasteiger partial charge in [0.2, 0.25) is 29.5 Å². The van der Waals surface area contributed by atoms with E-state index in [0.29, 0.717) is 6.42 Å². The first-order valence-electron chi connectivity index (χ1n) is 18.0. The zero-order chi connectivity index (χ0) is 41.3. The third-order valence-electron chi connectivity index (χ3n) is 9.29. The number of hydrogen-bond donors (Lipinski definition) is 11. The SMILES string of the molecule is CC[C@H](C)[C@H](NC(=O)[C@H](CC(C)C)NC(=O)[C@@H](CC(C(=O)O)C(=O)O)NC(=O)[C@@H](N)CC(=O)O)C(=O)N[C@@H](CC1CCCCC1)C(=O)N[C@@H](CS)C(=O)O. The number of nitrogens with two attached hydrogens (primary N) is 1. The number of aliphatic carboxylic acids is 4. The van der Waals surface area contributed by atoms with Crippen molar-refractivity contribution in [3.63, 3.8) is 0 Å². The Morgan fingerprint density at radius 2 is 1.13 bits per heavy atom. The highest BCUT2D eigenvalue weighted by Crippen LogP contribution is 2.27. The molecule has 0 spiro atoms. The molecule has 0 aromatic carbocycles. The summed E-state index contributed by atoms with van der Waals surface area (Å²) >= 11 is 4.00. The van der Waals surface area contributed by atoms with Crippen LogP contribution in [0, 0.1) is 23.7 Å². The van der Waals surface area contributed by atoms with Gasteiger partial charge in [-0.1, -0.05) is 66.2 Å². The standard InChI is InChI=1S/C34H56N6O13S/c1-5-17(4)26(31(47)38-22(12-18-9-7-6-8-10-18)28(44)39-24(15-54)34(52)53)40-30(46)21(11-16(2)3)37-29(45)23(13-19(32(48)49)33(50)51)36-27(43)20(35)14-25(41)42/h16-24,26,54H,5-15,35H2,1-4H3,(H,36,43)(H,37,45)(H,38,47)(H,39,44)(H,40,46)(H,41,42)(H,48,49)(H,50,51)(H,52,53)/t17-,20-,21-,22-,23+,24-,26-/m0/s1. The van der Waals surface area contributed by atoms with Gasteiger partial charge in [-0.05, 0) is 30.6 Å². The largest absolute Gasteiger partial charge is 0.481 e. The molecular formula is C34H56N6O13S. The topological polar surface area (TPSA) is 321 Å². The summed E-state index contributed by atoms with van der Waals surface area (Å²) in [5.74, 6) is -14.2. The van der Waals surface area contributed by atoms with Crippen molar-refractivity contribution < 1.29 is 63.6 Å². The average molecular weight is 789 g/mol. The van der Waals surface area contributed by atoms with E-state index in [0.717, 1.165) is 32.1 Å². The fraction of sp³-hybridized carbons (Fsp3) is 0.735. The zero-order valence-electron chi connectivity index (χ0n) is 31.0. The lowest BCUT2D eigenvalue weighted by Gasteiger charge is -2.31. The second-order valence-electron chi connectivity index (χ2n) is 14.2. The maximum absolute atomic E-state index is 13.9. The molecule has 0 aromatic rings. The highest BCUT2D eigenvalue weighted by molar-refractivity contribution is 7.80. The number of amides is 5. The summed E-state index contributed by atoms with van der Waals surface area (Å²) in [6.45, 7) is 6.85. The quantitative estimate of drug-likeness (QED) is 0.0433. The number of rotatable bonds is 24. The molecule has 0 bridgehead atoms. The van der Waals surface area contributed by atoms with Gasteiger partial charge in [0.25, 0.3) is 0 Å². The number of thiol groups is 1. The van der Waals surface area contributed by atoms with E-state index in [1.165, 1.54) is 0 Å². The maximum atomic E-state index is 13.9. The molecule has 0 unspecified atom stereocenters. The van der Waals surface area contributed by atoms with Crippen molar-refractivity contribution in [2.24, 2.45) is 29.4 Å². The van der Waals surface area contributed by atoms with E-state index in [1.807, 2.05) is 0 Å². The molecule has 11 N–H and O–H groups in total. The van der Waals surface area contributed by atoms with E-state index >= 15 is 0 Å². The van der Waals surface area contributed by atoms with Gasteiger partial charge in [0.15, 0.2) is 5.92 Å². The zero-order valence-corrected chi connectivity index (χ0v) is 31.9. The smallest absolute Gasteiger partial charge is 0.327 e. The van der Waals surface area contributed by atoms with Gasteiger partial charge in [-0.3, -0.25) is 38.4 Å². The molecule has 0 aromatic heterocycles. The second-order valence-corrected chi connectivity index (χ2v) is 14.5. The van der Waals surface area contributed by atoms with E-state index in [2.05, 4.69) is 39.2 Å². The van der Waals surface area contributed by atoms with Crippen LogP contribution in [-0.4, -0.2) is 116 Å². The Balaban J connectivity index is 3.40. The minimum Gasteiger partial charge on any atom is -0.481 e. The highest BCUT2D eigenvalue weighted by Gasteiger charge is 2.38. The minimum absolute atomic E-state index is 0.0417. The van der Waals surface area contributed by atoms with Crippen LogP contribution >= 0.6 is 12.6 Å². The van der Waals surface area contributed by atoms with Gasteiger partial charge in [0.1, 0.15) is 30.2 Å². The molecular weight excluding hydrogens is 732 g/mol. The predicted octanol–water partition coefficient (Wildman–Crippen LogP) is -0.535. The molecule has 20 heteroatoms. The number of carbonyl (C=O) groups excluding carboxylic acids is 5. The van der Waals surface area contributed by atoms with Gasteiger partial charge in [0.05, 0.1) is 12.5 Å². The van der Waals surface area contributed by atoms with Crippen molar-refractivity contribution in [2.75, 3.05) is 5.75 Å². The predicted molar refractivity (Wildman–Crippen MR) is 195 cm³/mol. The van der Waals surface area contributed by atoms with E-state index in [4.69, 9.17) is 10.8 Å². The molecule has 1 saturated carbocycles. The van der Waals surface area contributed by atoms with Gasteiger partial charge in [-0.25, -0.2) is 4.79 Å². The lowest BCUT2D eigenvalue weighted by molar-refractivity contribution is -0.155. The average Bonchev–Trinajstić information content (AvgIpc) is 3.09. The van der Waals surface area contributed by atoms with Gasteiger partial charge in [-0.15, -0.1) is 0 Å². The third-order valence-corrected chi connectivity index (χ3v) is 9.65. The first-order valence-corrected chi connectivity index (χ1v) is 18.6. The monoisotopic (exact) mass is 788 g/mol. The molecule has 0 aliphatic heterocycles. The van der Waals surface area contributed by atoms with E-state index < -0.39 is 114 Å². The summed E-state index contributed by atoms with van der Waals surface area (Å²) in [7, 11) is 0. The second kappa shape index (κ2) is 23.4. The van der Waals surface area contributed by atoms with Crippen molar-refractivity contribution in [3.05, 3.63) is 0 Å². The number of carboxylic acids is 4. The fourth-order valence-electron chi connectivity index (χ4n) is 5.97. The third kappa shape index (κ3) is 16.3. The van der Waals surface area contributed by atoms with Crippen LogP contribution in [0.3, 0.4) is 0 Å². The Kier molecular flexibility index (Phi) is 20.6. The van der Waals surface area contributed by atoms with Crippen LogP contribution in [0.4, 0.5) is 0 Å². The van der Waals surface area contributed by atoms with Gasteiger partial charge in [0, 0.05) is 12.2 Å². The van der Waals surface area contributed by atoms with Crippen LogP contribution in [-0.2, 0) is 43.2 Å². The Hall–Kier alpha value is -4.46. The van der Waals surface area contributed by atoms with E-state index in [9.17, 15) is 58.5 Å². The maximum Gasteiger partial charge on any atom is 0.327 e. The number of nitrogens with one attached hydrogen (secondary N) is 5. The van der Waals surface area contributed by atoms with Gasteiger partial charge >= 0.3 is 23.9 Å². The molecule has 0 saturated heterocycles. The summed E-state index contributed by atoms with van der Waals surface area (Å²) in [4.78, 5) is 113. The van der Waals surface area contributed by atoms with Gasteiger partial charge < -0.3 is 52.7 Å². The molecule has 1 fully saturated rings. The first kappa shape index (κ1) is 47.6. The highest BCUT2D eigenvalue weighted by atomic mass is 32.1. The van der Waals surface area contributed by atoms with Crippen molar-refractivity contribution in [2.45, 2.75) is 128 Å². The summed E-state index contributed by atoms with van der Waals surface area (Å²) in [5, 5.41) is 49.6. The Morgan fingerprint density at radius 1 is 0.648 bits per heavy atom. The number of carbonyl (C=O) groups is 9. The van der Waals surface area contributed by atoms with Crippen LogP contribution in [0.5, 0.6) is 0 Å². The van der Waals surface area contributed by atoms with Crippen molar-refractivity contribution >= 4 is 66.0 Å². The molecule has 1 rings (SSSR count). The van der Waals surface area contributed by atoms with Crippen molar-refractivity contribution in [3.8, 4) is 0 Å². The molecule has 54 heavy (non-hydrogen) atoms. The molecule has 5 amide bonds. The molecule has 0 radical (unpaired) electrons. The first-order chi connectivity index (χ1) is 25.2. The molecule has 1 aliphatic carbocycles. The molecule has 1 aliphatic rings. The lowest BCUT2D eigenvalue weighted by atomic mass is 9.84. The summed E-state index contributed by atoms with van der Waals surface area (Å²) in [6.07, 6.45) is 3.21.